The highest BCUT2D eigenvalue weighted by molar-refractivity contribution is 7.80. The Bertz CT molecular complexity index is 720. The van der Waals surface area contributed by atoms with Gasteiger partial charge >= 0.3 is 5.97 Å². The average molecular weight is 519 g/mol. The molecule has 0 spiro atoms. The first-order valence-corrected chi connectivity index (χ1v) is 12.4. The fourth-order valence-corrected chi connectivity index (χ4v) is 3.27. The molecule has 13 nitrogen and oxygen atoms in total. The average Bonchev–Trinajstić information content (AvgIpc) is 2.81. The molecule has 0 aliphatic carbocycles. The van der Waals surface area contributed by atoms with Gasteiger partial charge in [-0.1, -0.05) is 20.3 Å². The van der Waals surface area contributed by atoms with Gasteiger partial charge in [0.05, 0.1) is 6.04 Å². The van der Waals surface area contributed by atoms with Crippen LogP contribution in [0.1, 0.15) is 52.4 Å². The zero-order chi connectivity index (χ0) is 27.0. The summed E-state index contributed by atoms with van der Waals surface area (Å²) in [5.74, 6) is -3.26. The maximum Gasteiger partial charge on any atom is 0.326 e. The Labute approximate surface area is 212 Å². The third-order valence-electron chi connectivity index (χ3n) is 5.47. The van der Waals surface area contributed by atoms with Crippen LogP contribution in [-0.4, -0.2) is 77.8 Å². The number of rotatable bonds is 18. The van der Waals surface area contributed by atoms with Crippen molar-refractivity contribution in [1.29, 1.82) is 0 Å². The molecule has 0 bridgehead atoms. The van der Waals surface area contributed by atoms with E-state index in [1.54, 1.807) is 6.92 Å². The zero-order valence-corrected chi connectivity index (χ0v) is 21.4. The molecule has 35 heavy (non-hydrogen) atoms. The van der Waals surface area contributed by atoms with E-state index in [1.807, 2.05) is 6.92 Å². The summed E-state index contributed by atoms with van der Waals surface area (Å²) in [7, 11) is 0. The minimum Gasteiger partial charge on any atom is -0.480 e. The number of carboxylic acid groups (broad SMARTS) is 1. The van der Waals surface area contributed by atoms with Crippen molar-refractivity contribution in [2.24, 2.45) is 33.8 Å². The molecular formula is C21H42N8O5S. The molecule has 0 saturated heterocycles. The molecule has 0 heterocycles. The monoisotopic (exact) mass is 518 g/mol. The van der Waals surface area contributed by atoms with Crippen LogP contribution >= 0.6 is 12.6 Å². The molecular weight excluding hydrogens is 476 g/mol. The highest BCUT2D eigenvalue weighted by Crippen LogP contribution is 2.10. The number of guanidine groups is 1. The second-order valence-electron chi connectivity index (χ2n) is 8.35. The van der Waals surface area contributed by atoms with Crippen LogP contribution in [0.3, 0.4) is 0 Å². The molecule has 5 atom stereocenters. The lowest BCUT2D eigenvalue weighted by Gasteiger charge is -2.28. The van der Waals surface area contributed by atoms with E-state index in [2.05, 4.69) is 33.6 Å². The van der Waals surface area contributed by atoms with Gasteiger partial charge in [0.2, 0.25) is 17.7 Å². The number of carboxylic acids is 1. The van der Waals surface area contributed by atoms with Gasteiger partial charge in [-0.2, -0.15) is 12.6 Å². The Hall–Kier alpha value is -2.58. The maximum absolute atomic E-state index is 13.1. The fraction of sp³-hybridized carbons (Fsp3) is 0.762. The van der Waals surface area contributed by atoms with Crippen LogP contribution in [0.2, 0.25) is 0 Å². The molecule has 3 amide bonds. The van der Waals surface area contributed by atoms with E-state index in [1.165, 1.54) is 0 Å². The largest absolute Gasteiger partial charge is 0.480 e. The van der Waals surface area contributed by atoms with E-state index < -0.39 is 47.9 Å². The summed E-state index contributed by atoms with van der Waals surface area (Å²) in [6.07, 6.45) is 2.37. The molecule has 0 aromatic rings. The number of aliphatic carboxylic acids is 1. The van der Waals surface area contributed by atoms with Gasteiger partial charge in [0.25, 0.3) is 0 Å². The molecule has 0 aromatic carbocycles. The van der Waals surface area contributed by atoms with Gasteiger partial charge in [-0.05, 0) is 44.6 Å². The zero-order valence-electron chi connectivity index (χ0n) is 20.5. The van der Waals surface area contributed by atoms with Crippen molar-refractivity contribution in [3.63, 3.8) is 0 Å². The van der Waals surface area contributed by atoms with Gasteiger partial charge in [0.15, 0.2) is 5.96 Å². The second kappa shape index (κ2) is 17.8. The summed E-state index contributed by atoms with van der Waals surface area (Å²) >= 11 is 4.00. The van der Waals surface area contributed by atoms with Crippen molar-refractivity contribution < 1.29 is 24.3 Å². The van der Waals surface area contributed by atoms with Gasteiger partial charge < -0.3 is 44.0 Å². The molecule has 0 aliphatic heterocycles. The molecule has 12 N–H and O–H groups in total. The predicted octanol–water partition coefficient (Wildman–Crippen LogP) is -1.99. The van der Waals surface area contributed by atoms with Crippen molar-refractivity contribution in [3.8, 4) is 0 Å². The highest BCUT2D eigenvalue weighted by Gasteiger charge is 2.32. The number of nitrogens with one attached hydrogen (secondary N) is 3. The molecule has 0 saturated carbocycles. The second-order valence-corrected chi connectivity index (χ2v) is 8.72. The fourth-order valence-electron chi connectivity index (χ4n) is 3.10. The number of thiol groups is 1. The third-order valence-corrected chi connectivity index (χ3v) is 5.86. The molecule has 14 heteroatoms. The quantitative estimate of drug-likeness (QED) is 0.0421. The standard InChI is InChI=1S/C21H42N8O5S/c1-3-12(2)16(29-17(30)13(23)11-35)19(32)27-14(8-6-10-26-21(24)25)18(31)28-15(20(33)34)7-4-5-9-22/h12-16,35H,3-11,22-23H2,1-2H3,(H,27,32)(H,28,31)(H,29,30)(H,33,34)(H4,24,25,26). The molecule has 0 aliphatic rings. The van der Waals surface area contributed by atoms with Gasteiger partial charge in [0.1, 0.15) is 18.1 Å². The van der Waals surface area contributed by atoms with Crippen molar-refractivity contribution >= 4 is 42.3 Å². The van der Waals surface area contributed by atoms with Crippen molar-refractivity contribution in [1.82, 2.24) is 16.0 Å². The van der Waals surface area contributed by atoms with Crippen LogP contribution in [0.15, 0.2) is 4.99 Å². The van der Waals surface area contributed by atoms with E-state index >= 15 is 0 Å². The minimum atomic E-state index is -1.19. The van der Waals surface area contributed by atoms with E-state index in [0.29, 0.717) is 32.2 Å². The lowest BCUT2D eigenvalue weighted by Crippen LogP contribution is -2.58. The van der Waals surface area contributed by atoms with Gasteiger partial charge in [0, 0.05) is 12.3 Å². The SMILES string of the molecule is CCC(C)C(NC(=O)C(N)CS)C(=O)NC(CCCN=C(N)N)C(=O)NC(CCCCN)C(=O)O. The molecule has 0 aromatic heterocycles. The van der Waals surface area contributed by atoms with Crippen molar-refractivity contribution in [3.05, 3.63) is 0 Å². The Morgan fingerprint density at radius 1 is 0.943 bits per heavy atom. The minimum absolute atomic E-state index is 0.0945. The van der Waals surface area contributed by atoms with E-state index in [0.717, 1.165) is 0 Å². The van der Waals surface area contributed by atoms with E-state index in [-0.39, 0.29) is 37.0 Å². The number of carbonyl (C=O) groups excluding carboxylic acids is 3. The number of amides is 3. The first kappa shape index (κ1) is 32.4. The van der Waals surface area contributed by atoms with Crippen LogP contribution in [0, 0.1) is 5.92 Å². The van der Waals surface area contributed by atoms with Gasteiger partial charge in [-0.25, -0.2) is 4.79 Å². The first-order valence-electron chi connectivity index (χ1n) is 11.7. The number of unbranched alkanes of at least 4 members (excludes halogenated alkanes) is 1. The van der Waals surface area contributed by atoms with E-state index in [4.69, 9.17) is 22.9 Å². The topological polar surface area (TPSA) is 241 Å². The Morgan fingerprint density at radius 2 is 1.54 bits per heavy atom. The van der Waals surface area contributed by atoms with Crippen LogP contribution in [0.4, 0.5) is 0 Å². The van der Waals surface area contributed by atoms with Crippen LogP contribution in [0.5, 0.6) is 0 Å². The molecule has 202 valence electrons. The van der Waals surface area contributed by atoms with Crippen LogP contribution in [0.25, 0.3) is 0 Å². The molecule has 0 rings (SSSR count). The number of hydrogen-bond acceptors (Lipinski definition) is 8. The predicted molar refractivity (Wildman–Crippen MR) is 138 cm³/mol. The normalized spacial score (nSPS) is 15.1. The van der Waals surface area contributed by atoms with Crippen molar-refractivity contribution in [2.75, 3.05) is 18.8 Å². The van der Waals surface area contributed by atoms with E-state index in [9.17, 15) is 24.3 Å². The maximum atomic E-state index is 13.1. The Balaban J connectivity index is 5.59. The molecule has 0 fully saturated rings. The highest BCUT2D eigenvalue weighted by atomic mass is 32.1. The summed E-state index contributed by atoms with van der Waals surface area (Å²) < 4.78 is 0. The molecule has 5 unspecified atom stereocenters. The number of nitrogens with two attached hydrogens (primary N) is 4. The number of hydrogen-bond donors (Lipinski definition) is 9. The third kappa shape index (κ3) is 13.2. The Kier molecular flexibility index (Phi) is 16.5. The first-order chi connectivity index (χ1) is 16.5. The summed E-state index contributed by atoms with van der Waals surface area (Å²) in [5, 5.41) is 17.2. The summed E-state index contributed by atoms with van der Waals surface area (Å²) in [6.45, 7) is 4.25. The summed E-state index contributed by atoms with van der Waals surface area (Å²) in [4.78, 5) is 53.9. The van der Waals surface area contributed by atoms with Gasteiger partial charge in [-0.15, -0.1) is 0 Å². The smallest absolute Gasteiger partial charge is 0.326 e. The lowest BCUT2D eigenvalue weighted by molar-refractivity contribution is -0.142. The summed E-state index contributed by atoms with van der Waals surface area (Å²) in [6, 6.07) is -4.06. The number of aliphatic imine (C=N–C) groups is 1. The van der Waals surface area contributed by atoms with Crippen LogP contribution in [-0.2, 0) is 19.2 Å². The van der Waals surface area contributed by atoms with Crippen LogP contribution < -0.4 is 38.9 Å². The number of carbonyl (C=O) groups is 4. The molecule has 0 radical (unpaired) electrons. The lowest BCUT2D eigenvalue weighted by atomic mass is 9.97. The van der Waals surface area contributed by atoms with Crippen molar-refractivity contribution in [2.45, 2.75) is 76.5 Å². The Morgan fingerprint density at radius 3 is 2.06 bits per heavy atom. The number of nitrogens with zero attached hydrogens (tertiary/aromatic N) is 1. The van der Waals surface area contributed by atoms with Gasteiger partial charge in [-0.3, -0.25) is 19.4 Å². The summed E-state index contributed by atoms with van der Waals surface area (Å²) in [5.41, 5.74) is 21.8.